The topological polar surface area (TPSA) is 89.5 Å². The maximum absolute atomic E-state index is 12.2. The molecule has 0 bridgehead atoms. The molecule has 2 atom stereocenters. The summed E-state index contributed by atoms with van der Waals surface area (Å²) >= 11 is 0. The van der Waals surface area contributed by atoms with Gasteiger partial charge in [0.25, 0.3) is 0 Å². The molecular weight excluding hydrogens is 463 g/mol. The van der Waals surface area contributed by atoms with E-state index in [1.807, 2.05) is 26.8 Å². The maximum atomic E-state index is 12.2. The number of rotatable bonds is 6. The first-order chi connectivity index (χ1) is 16.0. The average Bonchev–Trinajstić information content (AvgIpc) is 3.73. The van der Waals surface area contributed by atoms with E-state index < -0.39 is 6.04 Å². The Balaban J connectivity index is 0. The van der Waals surface area contributed by atoms with Crippen LogP contribution in [0.2, 0.25) is 0 Å². The molecule has 1 heterocycles. The molecule has 35 heavy (non-hydrogen) atoms. The molecule has 6 nitrogen and oxygen atoms in total. The molecule has 2 unspecified atom stereocenters. The molecule has 1 saturated heterocycles. The molecule has 3 aliphatic rings. The van der Waals surface area contributed by atoms with Crippen LogP contribution in [0.15, 0.2) is 23.9 Å². The number of likely N-dealkylation sites (N-methyl/N-ethyl adjacent to an activating group) is 1. The van der Waals surface area contributed by atoms with E-state index in [0.717, 1.165) is 31.7 Å². The van der Waals surface area contributed by atoms with E-state index >= 15 is 0 Å². The van der Waals surface area contributed by atoms with Gasteiger partial charge in [0.05, 0.1) is 6.04 Å². The monoisotopic (exact) mass is 516 g/mol. The van der Waals surface area contributed by atoms with Crippen LogP contribution in [-0.2, 0) is 9.59 Å². The molecule has 0 aromatic carbocycles. The smallest absolute Gasteiger partial charge is 0.685 e. The Hall–Kier alpha value is -0.184. The Bertz CT molecular complexity index is 648. The number of nitrogens with one attached hydrogen (secondary N) is 1. The minimum atomic E-state index is -0.562. The molecule has 2 amide bonds. The van der Waals surface area contributed by atoms with Gasteiger partial charge in [-0.1, -0.05) is 79.7 Å². The summed E-state index contributed by atoms with van der Waals surface area (Å²) in [7, 11) is 1.59. The third kappa shape index (κ3) is 16.3. The molecule has 198 valence electrons. The van der Waals surface area contributed by atoms with Crippen LogP contribution in [0.3, 0.4) is 0 Å². The number of nitrogens with two attached hydrogens (primary N) is 1. The molecule has 2 aliphatic carbocycles. The molecule has 2 saturated carbocycles. The van der Waals surface area contributed by atoms with Gasteiger partial charge in [-0.25, -0.2) is 0 Å². The van der Waals surface area contributed by atoms with E-state index in [2.05, 4.69) is 44.9 Å². The van der Waals surface area contributed by atoms with Crippen LogP contribution in [0.5, 0.6) is 0 Å². The quantitative estimate of drug-likeness (QED) is 0.420. The van der Waals surface area contributed by atoms with E-state index in [1.54, 1.807) is 17.5 Å². The van der Waals surface area contributed by atoms with E-state index in [4.69, 9.17) is 5.73 Å². The fourth-order valence-corrected chi connectivity index (χ4v) is 3.18. The van der Waals surface area contributed by atoms with Gasteiger partial charge < -0.3 is 21.3 Å². The molecular formula is C28H53KN4O2. The van der Waals surface area contributed by atoms with Crippen LogP contribution in [0, 0.1) is 11.3 Å². The first-order valence-corrected chi connectivity index (χ1v) is 13.2. The van der Waals surface area contributed by atoms with Crippen molar-refractivity contribution in [1.29, 1.82) is 0 Å². The number of nitrogens with zero attached hydrogens (tertiary/aromatic N) is 2. The summed E-state index contributed by atoms with van der Waals surface area (Å²) in [4.78, 5) is 25.5. The number of allylic oxidation sites excluding steroid dienone is 2. The van der Waals surface area contributed by atoms with Crippen molar-refractivity contribution in [3.63, 3.8) is 0 Å². The maximum Gasteiger partial charge on any atom is 1.00 e. The van der Waals surface area contributed by atoms with Crippen molar-refractivity contribution >= 4 is 11.8 Å². The van der Waals surface area contributed by atoms with Crippen LogP contribution in [0.25, 0.3) is 5.32 Å². The van der Waals surface area contributed by atoms with Gasteiger partial charge in [-0.2, -0.15) is 5.70 Å². The molecule has 3 rings (SSSR count). The summed E-state index contributed by atoms with van der Waals surface area (Å²) in [5, 5.41) is 6.98. The van der Waals surface area contributed by atoms with Crippen molar-refractivity contribution in [3.8, 4) is 0 Å². The van der Waals surface area contributed by atoms with Crippen LogP contribution in [-0.4, -0.2) is 48.9 Å². The third-order valence-corrected chi connectivity index (χ3v) is 5.80. The largest absolute Gasteiger partial charge is 1.00 e. The minimum Gasteiger partial charge on any atom is -0.685 e. The van der Waals surface area contributed by atoms with Crippen molar-refractivity contribution in [2.24, 2.45) is 17.1 Å². The van der Waals surface area contributed by atoms with Gasteiger partial charge in [0.15, 0.2) is 0 Å². The standard InChI is InChI=1S/C12H23N3O2.C9H14N.C4H8.C3H8.K/c1-12(2,3)9(13)11(17)15-7-5-6-8(15)10(16)14-4;1-3-7-10-9(4-2)8-5-6-8;1-4-2-3-4;1-3-2;/h8-9H,5-7,13H2,1-4H3,(H,14,16);3H,1,4-7H2,2H3;4H,2-3H2,1H3;3H2,1-2H3;/q;-1;;;+1. The van der Waals surface area contributed by atoms with Crippen molar-refractivity contribution in [2.75, 3.05) is 20.1 Å². The van der Waals surface area contributed by atoms with E-state index in [-0.39, 0.29) is 74.7 Å². The van der Waals surface area contributed by atoms with Crippen LogP contribution in [0.1, 0.15) is 99.8 Å². The van der Waals surface area contributed by atoms with Gasteiger partial charge in [-0.15, -0.1) is 19.2 Å². The van der Waals surface area contributed by atoms with Gasteiger partial charge in [0.2, 0.25) is 11.8 Å². The Morgan fingerprint density at radius 3 is 2.06 bits per heavy atom. The van der Waals surface area contributed by atoms with Gasteiger partial charge in [0, 0.05) is 13.6 Å². The number of amides is 2. The second-order valence-electron chi connectivity index (χ2n) is 10.6. The summed E-state index contributed by atoms with van der Waals surface area (Å²) in [5.41, 5.74) is 8.55. The van der Waals surface area contributed by atoms with Crippen molar-refractivity contribution < 1.29 is 61.0 Å². The Morgan fingerprint density at radius 1 is 1.20 bits per heavy atom. The molecule has 0 aromatic heterocycles. The number of carbonyl (C=O) groups is 2. The van der Waals surface area contributed by atoms with Gasteiger partial charge in [0.1, 0.15) is 6.04 Å². The first kappa shape index (κ1) is 37.0. The summed E-state index contributed by atoms with van der Waals surface area (Å²) in [6.45, 7) is 19.5. The first-order valence-electron chi connectivity index (χ1n) is 13.2. The van der Waals surface area contributed by atoms with Crippen LogP contribution in [0.4, 0.5) is 0 Å². The summed E-state index contributed by atoms with van der Waals surface area (Å²) < 4.78 is 0. The number of carbonyl (C=O) groups excluding carboxylic acids is 2. The zero-order valence-corrected chi connectivity index (χ0v) is 27.5. The Labute approximate surface area is 259 Å². The molecule has 7 heteroatoms. The average molecular weight is 517 g/mol. The molecule has 3 N–H and O–H groups in total. The predicted octanol–water partition coefficient (Wildman–Crippen LogP) is 2.94. The number of hydrogen-bond acceptors (Lipinski definition) is 3. The summed E-state index contributed by atoms with van der Waals surface area (Å²) in [6.07, 6.45) is 11.3. The second kappa shape index (κ2) is 19.9. The number of likely N-dealkylation sites (tertiary alicyclic amines) is 1. The van der Waals surface area contributed by atoms with E-state index in [1.165, 1.54) is 37.8 Å². The van der Waals surface area contributed by atoms with Crippen LogP contribution >= 0.6 is 0 Å². The minimum absolute atomic E-state index is 0. The van der Waals surface area contributed by atoms with Gasteiger partial charge in [-0.3, -0.25) is 9.59 Å². The zero-order chi connectivity index (χ0) is 26.3. The molecule has 0 aromatic rings. The third-order valence-electron chi connectivity index (χ3n) is 5.80. The van der Waals surface area contributed by atoms with E-state index in [0.29, 0.717) is 6.54 Å². The molecule has 3 fully saturated rings. The number of hydrogen-bond donors (Lipinski definition) is 2. The Kier molecular flexibility index (Phi) is 21.0. The second-order valence-corrected chi connectivity index (χ2v) is 10.6. The normalized spacial score (nSPS) is 18.6. The van der Waals surface area contributed by atoms with Crippen LogP contribution < -0.4 is 62.4 Å². The fourth-order valence-electron chi connectivity index (χ4n) is 3.18. The summed E-state index contributed by atoms with van der Waals surface area (Å²) in [6, 6.07) is -0.909. The van der Waals surface area contributed by atoms with Gasteiger partial charge in [-0.05, 0) is 37.0 Å². The van der Waals surface area contributed by atoms with Crippen molar-refractivity contribution in [3.05, 3.63) is 29.2 Å². The summed E-state index contributed by atoms with van der Waals surface area (Å²) in [5.74, 6) is 0.862. The van der Waals surface area contributed by atoms with E-state index in [9.17, 15) is 9.59 Å². The van der Waals surface area contributed by atoms with Crippen molar-refractivity contribution in [2.45, 2.75) is 112 Å². The molecule has 0 spiro atoms. The van der Waals surface area contributed by atoms with Gasteiger partial charge >= 0.3 is 51.4 Å². The fraction of sp³-hybridized carbons (Fsp3) is 0.786. The van der Waals surface area contributed by atoms with Crippen molar-refractivity contribution in [1.82, 2.24) is 10.2 Å². The zero-order valence-electron chi connectivity index (χ0n) is 24.4. The Morgan fingerprint density at radius 2 is 1.71 bits per heavy atom. The molecule has 0 radical (unpaired) electrons. The molecule has 1 aliphatic heterocycles. The SMILES string of the molecule is C=CC[N-]C(CC)=C1CC1.CC1CC1.CCC.CNC(=O)C1CCCN1C(=O)C(N)C(C)(C)C.[K+]. The predicted molar refractivity (Wildman–Crippen MR) is 146 cm³/mol.